The van der Waals surface area contributed by atoms with E-state index in [9.17, 15) is 19.5 Å². The van der Waals surface area contributed by atoms with E-state index in [0.29, 0.717) is 49.6 Å². The number of rotatable bonds is 7. The zero-order chi connectivity index (χ0) is 29.2. The maximum absolute atomic E-state index is 13.6. The molecule has 1 saturated carbocycles. The van der Waals surface area contributed by atoms with Crippen LogP contribution in [0.25, 0.3) is 11.1 Å². The van der Waals surface area contributed by atoms with Crippen molar-refractivity contribution in [2.24, 2.45) is 17.3 Å². The number of amides is 2. The lowest BCUT2D eigenvalue weighted by Crippen LogP contribution is -2.61. The van der Waals surface area contributed by atoms with Gasteiger partial charge in [0.1, 0.15) is 0 Å². The van der Waals surface area contributed by atoms with Crippen LogP contribution in [0.1, 0.15) is 88.9 Å². The number of carbonyl (C=O) groups is 2. The standard InChI is InChI=1S/C34H47N3O4/c1-25(20-26-12-6-4-7-13-26)31(39)36-19-16-34(41,33(2,3)23-36)24-37-22-29(32(40)35-17-10-11-18-35)28(21-30(37)38)27-14-8-5-9-15-27/h5,8-9,14-15,21-22,25-26,41H,4,6-7,10-13,16-20,23-24H2,1-3H3. The SMILES string of the molecule is CC(CC1CCCCC1)C(=O)N1CCC(O)(Cn2cc(C(=O)N3CCCC3)c(-c3ccccc3)cc2=O)C(C)(C)C1. The van der Waals surface area contributed by atoms with Gasteiger partial charge in [0, 0.05) is 55.3 Å². The van der Waals surface area contributed by atoms with Crippen LogP contribution < -0.4 is 5.56 Å². The molecule has 1 aliphatic carbocycles. The van der Waals surface area contributed by atoms with Gasteiger partial charge in [-0.05, 0) is 37.2 Å². The van der Waals surface area contributed by atoms with Gasteiger partial charge in [0.2, 0.25) is 5.91 Å². The summed E-state index contributed by atoms with van der Waals surface area (Å²) in [7, 11) is 0. The monoisotopic (exact) mass is 561 g/mol. The summed E-state index contributed by atoms with van der Waals surface area (Å²) in [5.41, 5.74) is -0.145. The molecule has 7 nitrogen and oxygen atoms in total. The first-order valence-electron chi connectivity index (χ1n) is 15.7. The predicted molar refractivity (Wildman–Crippen MR) is 162 cm³/mol. The summed E-state index contributed by atoms with van der Waals surface area (Å²) in [6.07, 6.45) is 11.2. The Hall–Kier alpha value is -2.93. The van der Waals surface area contributed by atoms with Crippen molar-refractivity contribution in [3.8, 4) is 11.1 Å². The highest BCUT2D eigenvalue weighted by Crippen LogP contribution is 2.41. The number of carbonyl (C=O) groups excluding carboxylic acids is 2. The summed E-state index contributed by atoms with van der Waals surface area (Å²) >= 11 is 0. The van der Waals surface area contributed by atoms with E-state index in [2.05, 4.69) is 6.92 Å². The summed E-state index contributed by atoms with van der Waals surface area (Å²) in [6.45, 7) is 8.43. The van der Waals surface area contributed by atoms with Crippen molar-refractivity contribution in [2.75, 3.05) is 26.2 Å². The highest BCUT2D eigenvalue weighted by atomic mass is 16.3. The van der Waals surface area contributed by atoms with Crippen LogP contribution in [0.2, 0.25) is 0 Å². The minimum atomic E-state index is -1.21. The van der Waals surface area contributed by atoms with Gasteiger partial charge >= 0.3 is 0 Å². The fraction of sp³-hybridized carbons (Fsp3) is 0.618. The van der Waals surface area contributed by atoms with Crippen LogP contribution in [0.4, 0.5) is 0 Å². The molecule has 0 radical (unpaired) electrons. The van der Waals surface area contributed by atoms with E-state index >= 15 is 0 Å². The molecule has 2 unspecified atom stereocenters. The van der Waals surface area contributed by atoms with E-state index in [1.54, 1.807) is 12.3 Å². The van der Waals surface area contributed by atoms with Gasteiger partial charge in [0.05, 0.1) is 17.7 Å². The summed E-state index contributed by atoms with van der Waals surface area (Å²) in [5, 5.41) is 12.0. The molecule has 3 fully saturated rings. The van der Waals surface area contributed by atoms with Gasteiger partial charge in [-0.25, -0.2) is 0 Å². The van der Waals surface area contributed by atoms with Crippen molar-refractivity contribution in [1.29, 1.82) is 0 Å². The van der Waals surface area contributed by atoms with Crippen LogP contribution in [0.3, 0.4) is 0 Å². The van der Waals surface area contributed by atoms with Crippen molar-refractivity contribution in [2.45, 2.75) is 90.7 Å². The Morgan fingerprint density at radius 3 is 2.32 bits per heavy atom. The Kier molecular flexibility index (Phi) is 8.74. The Morgan fingerprint density at radius 1 is 0.976 bits per heavy atom. The first-order valence-corrected chi connectivity index (χ1v) is 15.7. The second-order valence-corrected chi connectivity index (χ2v) is 13.5. The van der Waals surface area contributed by atoms with E-state index < -0.39 is 11.0 Å². The molecule has 1 aromatic heterocycles. The van der Waals surface area contributed by atoms with E-state index in [1.807, 2.05) is 54.0 Å². The minimum Gasteiger partial charge on any atom is -0.387 e. The Morgan fingerprint density at radius 2 is 1.66 bits per heavy atom. The van der Waals surface area contributed by atoms with Crippen molar-refractivity contribution in [3.63, 3.8) is 0 Å². The van der Waals surface area contributed by atoms with Gasteiger partial charge in [-0.1, -0.05) is 83.2 Å². The molecule has 5 rings (SSSR count). The van der Waals surface area contributed by atoms with Crippen LogP contribution >= 0.6 is 0 Å². The lowest BCUT2D eigenvalue weighted by Gasteiger charge is -2.51. The largest absolute Gasteiger partial charge is 0.387 e. The topological polar surface area (TPSA) is 82.8 Å². The third kappa shape index (κ3) is 6.30. The summed E-state index contributed by atoms with van der Waals surface area (Å²) in [4.78, 5) is 44.3. The smallest absolute Gasteiger partial charge is 0.255 e. The maximum atomic E-state index is 13.6. The second-order valence-electron chi connectivity index (χ2n) is 13.5. The van der Waals surface area contributed by atoms with E-state index in [0.717, 1.165) is 24.8 Å². The number of aliphatic hydroxyl groups is 1. The molecule has 3 aliphatic rings. The molecule has 2 aromatic rings. The zero-order valence-corrected chi connectivity index (χ0v) is 25.1. The van der Waals surface area contributed by atoms with Gasteiger partial charge in [0.15, 0.2) is 0 Å². The summed E-state index contributed by atoms with van der Waals surface area (Å²) < 4.78 is 1.51. The first-order chi connectivity index (χ1) is 19.6. The highest BCUT2D eigenvalue weighted by molar-refractivity contribution is 6.00. The Bertz CT molecular complexity index is 1290. The van der Waals surface area contributed by atoms with Crippen molar-refractivity contribution < 1.29 is 14.7 Å². The molecular formula is C34H47N3O4. The fourth-order valence-electron chi connectivity index (χ4n) is 7.27. The normalized spacial score (nSPS) is 23.9. The molecule has 3 heterocycles. The number of aromatic nitrogens is 1. The fourth-order valence-corrected chi connectivity index (χ4v) is 7.27. The van der Waals surface area contributed by atoms with E-state index in [-0.39, 0.29) is 29.8 Å². The average molecular weight is 562 g/mol. The number of nitrogens with zero attached hydrogens (tertiary/aromatic N) is 3. The van der Waals surface area contributed by atoms with Crippen molar-refractivity contribution >= 4 is 11.8 Å². The van der Waals surface area contributed by atoms with Crippen LogP contribution in [-0.2, 0) is 11.3 Å². The minimum absolute atomic E-state index is 0.0209. The molecule has 0 bridgehead atoms. The molecule has 2 atom stereocenters. The molecule has 2 amide bonds. The van der Waals surface area contributed by atoms with Crippen molar-refractivity contribution in [3.05, 3.63) is 58.5 Å². The average Bonchev–Trinajstić information content (AvgIpc) is 3.51. The molecule has 222 valence electrons. The Balaban J connectivity index is 1.36. The van der Waals surface area contributed by atoms with Gasteiger partial charge in [-0.2, -0.15) is 0 Å². The molecule has 7 heteroatoms. The molecule has 2 aliphatic heterocycles. The molecular weight excluding hydrogens is 514 g/mol. The third-order valence-electron chi connectivity index (χ3n) is 10.1. The molecule has 0 spiro atoms. The quantitative estimate of drug-likeness (QED) is 0.494. The van der Waals surface area contributed by atoms with Gasteiger partial charge in [-0.15, -0.1) is 0 Å². The van der Waals surface area contributed by atoms with Crippen LogP contribution in [-0.4, -0.2) is 63.1 Å². The van der Waals surface area contributed by atoms with Gasteiger partial charge < -0.3 is 19.5 Å². The number of likely N-dealkylation sites (tertiary alicyclic amines) is 2. The number of hydrogen-bond donors (Lipinski definition) is 1. The number of benzene rings is 1. The molecule has 1 N–H and O–H groups in total. The summed E-state index contributed by atoms with van der Waals surface area (Å²) in [5.74, 6) is 0.718. The number of pyridine rings is 1. The highest BCUT2D eigenvalue weighted by Gasteiger charge is 2.49. The maximum Gasteiger partial charge on any atom is 0.255 e. The molecule has 41 heavy (non-hydrogen) atoms. The van der Waals surface area contributed by atoms with E-state index in [1.165, 1.54) is 36.7 Å². The first kappa shape index (κ1) is 29.6. The second kappa shape index (κ2) is 12.1. The van der Waals surface area contributed by atoms with Crippen molar-refractivity contribution in [1.82, 2.24) is 14.4 Å². The number of piperidine rings is 1. The van der Waals surface area contributed by atoms with Gasteiger partial charge in [0.25, 0.3) is 11.5 Å². The molecule has 2 saturated heterocycles. The lowest BCUT2D eigenvalue weighted by atomic mass is 9.69. The zero-order valence-electron chi connectivity index (χ0n) is 25.1. The Labute approximate surface area is 244 Å². The van der Waals surface area contributed by atoms with Crippen LogP contribution in [0, 0.1) is 17.3 Å². The lowest BCUT2D eigenvalue weighted by molar-refractivity contribution is -0.157. The van der Waals surface area contributed by atoms with Crippen LogP contribution in [0.15, 0.2) is 47.4 Å². The molecule has 1 aromatic carbocycles. The predicted octanol–water partition coefficient (Wildman–Crippen LogP) is 5.35. The van der Waals surface area contributed by atoms with Crippen LogP contribution in [0.5, 0.6) is 0 Å². The number of hydrogen-bond acceptors (Lipinski definition) is 4. The van der Waals surface area contributed by atoms with E-state index in [4.69, 9.17) is 0 Å². The van der Waals surface area contributed by atoms with Gasteiger partial charge in [-0.3, -0.25) is 14.4 Å². The summed E-state index contributed by atoms with van der Waals surface area (Å²) in [6, 6.07) is 11.1. The third-order valence-corrected chi connectivity index (χ3v) is 10.1.